The Morgan fingerprint density at radius 1 is 1.20 bits per heavy atom. The van der Waals surface area contributed by atoms with Crippen molar-refractivity contribution in [3.8, 4) is 5.75 Å². The molecule has 0 fully saturated rings. The first kappa shape index (κ1) is 16.3. The molecule has 0 aromatic heterocycles. The van der Waals surface area contributed by atoms with Gasteiger partial charge in [-0.1, -0.05) is 12.1 Å². The van der Waals surface area contributed by atoms with E-state index >= 15 is 0 Å². The van der Waals surface area contributed by atoms with E-state index in [-0.39, 0.29) is 13.2 Å². The normalized spacial score (nSPS) is 12.5. The van der Waals surface area contributed by atoms with Crippen molar-refractivity contribution < 1.29 is 27.9 Å². The van der Waals surface area contributed by atoms with Gasteiger partial charge in [0.2, 0.25) is 0 Å². The van der Waals surface area contributed by atoms with Gasteiger partial charge in [0.05, 0.1) is 12.3 Å². The third-order valence-corrected chi connectivity index (χ3v) is 2.41. The van der Waals surface area contributed by atoms with Crippen molar-refractivity contribution in [2.75, 3.05) is 19.8 Å². The van der Waals surface area contributed by atoms with E-state index in [2.05, 4.69) is 9.89 Å². The zero-order valence-electron chi connectivity index (χ0n) is 11.0. The number of alkyl halides is 3. The molecule has 1 aromatic carbocycles. The molecule has 0 bridgehead atoms. The predicted molar refractivity (Wildman–Crippen MR) is 67.4 cm³/mol. The maximum absolute atomic E-state index is 11.8. The molecule has 112 valence electrons. The van der Waals surface area contributed by atoms with Gasteiger partial charge in [0.1, 0.15) is 19.0 Å². The molecule has 0 amide bonds. The van der Waals surface area contributed by atoms with Crippen LogP contribution in [0.4, 0.5) is 13.2 Å². The Morgan fingerprint density at radius 2 is 1.85 bits per heavy atom. The van der Waals surface area contributed by atoms with Gasteiger partial charge in [-0.2, -0.15) is 13.2 Å². The zero-order chi connectivity index (χ0) is 15.0. The van der Waals surface area contributed by atoms with Gasteiger partial charge in [-0.05, 0) is 36.2 Å². The number of hydrogen-bond acceptors (Lipinski definition) is 4. The van der Waals surface area contributed by atoms with Crippen LogP contribution in [0.1, 0.15) is 18.9 Å². The summed E-state index contributed by atoms with van der Waals surface area (Å²) in [6.07, 6.45) is -3.73. The van der Waals surface area contributed by atoms with E-state index in [1.165, 1.54) is 0 Å². The van der Waals surface area contributed by atoms with Gasteiger partial charge in [-0.3, -0.25) is 0 Å². The molecule has 7 heteroatoms. The first-order chi connectivity index (χ1) is 9.46. The minimum Gasteiger partial charge on any atom is -0.491 e. The number of rotatable bonds is 7. The molecule has 0 atom stereocenters. The van der Waals surface area contributed by atoms with E-state index in [4.69, 9.17) is 9.94 Å². The predicted octanol–water partition coefficient (Wildman–Crippen LogP) is 3.23. The Kier molecular flexibility index (Phi) is 6.30. The Hall–Kier alpha value is -1.76. The van der Waals surface area contributed by atoms with Crippen LogP contribution >= 0.6 is 0 Å². The molecule has 4 nitrogen and oxygen atoms in total. The Bertz CT molecular complexity index is 429. The fourth-order valence-electron chi connectivity index (χ4n) is 1.48. The van der Waals surface area contributed by atoms with E-state index in [0.717, 1.165) is 5.56 Å². The van der Waals surface area contributed by atoms with E-state index in [1.54, 1.807) is 24.3 Å². The van der Waals surface area contributed by atoms with Crippen LogP contribution in [0, 0.1) is 0 Å². The van der Waals surface area contributed by atoms with Crippen LogP contribution in [0.3, 0.4) is 0 Å². The maximum Gasteiger partial charge on any atom is 0.411 e. The molecule has 0 unspecified atom stereocenters. The Balaban J connectivity index is 2.35. The molecule has 0 saturated carbocycles. The monoisotopic (exact) mass is 291 g/mol. The zero-order valence-corrected chi connectivity index (χ0v) is 11.0. The summed E-state index contributed by atoms with van der Waals surface area (Å²) in [5.41, 5.74) is 1.31. The van der Waals surface area contributed by atoms with E-state index in [9.17, 15) is 13.2 Å². The average Bonchev–Trinajstić information content (AvgIpc) is 2.40. The summed E-state index contributed by atoms with van der Waals surface area (Å²) in [6.45, 7) is 0.475. The second kappa shape index (κ2) is 7.74. The van der Waals surface area contributed by atoms with Gasteiger partial charge in [0, 0.05) is 0 Å². The molecule has 0 heterocycles. The molecule has 1 rings (SSSR count). The maximum atomic E-state index is 11.8. The largest absolute Gasteiger partial charge is 0.491 e. The van der Waals surface area contributed by atoms with E-state index < -0.39 is 12.8 Å². The van der Waals surface area contributed by atoms with Crippen LogP contribution in [0.25, 0.3) is 0 Å². The minimum absolute atomic E-state index is 0.0319. The van der Waals surface area contributed by atoms with Crippen LogP contribution in [-0.2, 0) is 4.74 Å². The van der Waals surface area contributed by atoms with E-state index in [1.807, 2.05) is 6.92 Å². The number of oxime groups is 1. The van der Waals surface area contributed by atoms with Gasteiger partial charge in [-0.15, -0.1) is 0 Å². The molecule has 0 aliphatic carbocycles. The molecule has 20 heavy (non-hydrogen) atoms. The lowest BCUT2D eigenvalue weighted by molar-refractivity contribution is -0.175. The first-order valence-electron chi connectivity index (χ1n) is 6.05. The van der Waals surface area contributed by atoms with Crippen LogP contribution in [0.5, 0.6) is 5.75 Å². The summed E-state index contributed by atoms with van der Waals surface area (Å²) < 4.78 is 45.0. The van der Waals surface area contributed by atoms with Crippen molar-refractivity contribution in [2.45, 2.75) is 19.5 Å². The fraction of sp³-hybridized carbons (Fsp3) is 0.462. The number of ether oxygens (including phenoxy) is 2. The summed E-state index contributed by atoms with van der Waals surface area (Å²) in [7, 11) is 0. The minimum atomic E-state index is -4.32. The quantitative estimate of drug-likeness (QED) is 0.363. The van der Waals surface area contributed by atoms with Crippen molar-refractivity contribution in [2.24, 2.45) is 5.16 Å². The lowest BCUT2D eigenvalue weighted by atomic mass is 10.1. The Morgan fingerprint density at radius 3 is 2.35 bits per heavy atom. The first-order valence-corrected chi connectivity index (χ1v) is 6.05. The highest BCUT2D eigenvalue weighted by Gasteiger charge is 2.27. The molecular formula is C13H16F3NO3. The average molecular weight is 291 g/mol. The molecule has 0 radical (unpaired) electrons. The number of benzene rings is 1. The number of halogens is 3. The van der Waals surface area contributed by atoms with Gasteiger partial charge in [0.25, 0.3) is 0 Å². The van der Waals surface area contributed by atoms with Crippen molar-refractivity contribution in [3.63, 3.8) is 0 Å². The van der Waals surface area contributed by atoms with Crippen LogP contribution < -0.4 is 4.74 Å². The lowest BCUT2D eigenvalue weighted by Crippen LogP contribution is -2.19. The molecule has 0 aliphatic heterocycles. The summed E-state index contributed by atoms with van der Waals surface area (Å²) in [6, 6.07) is 6.73. The second-order valence-electron chi connectivity index (χ2n) is 3.94. The molecule has 0 spiro atoms. The number of nitrogens with zero attached hydrogens (tertiary/aromatic N) is 1. The van der Waals surface area contributed by atoms with Crippen molar-refractivity contribution >= 4 is 5.71 Å². The smallest absolute Gasteiger partial charge is 0.411 e. The van der Waals surface area contributed by atoms with Gasteiger partial charge in [-0.25, -0.2) is 0 Å². The summed E-state index contributed by atoms with van der Waals surface area (Å²) >= 11 is 0. The third kappa shape index (κ3) is 5.92. The summed E-state index contributed by atoms with van der Waals surface area (Å²) in [5, 5.41) is 11.9. The molecule has 0 saturated heterocycles. The van der Waals surface area contributed by atoms with Crippen LogP contribution in [0.15, 0.2) is 29.4 Å². The van der Waals surface area contributed by atoms with Crippen molar-refractivity contribution in [1.29, 1.82) is 0 Å². The summed E-state index contributed by atoms with van der Waals surface area (Å²) in [5.74, 6) is 0.512. The highest BCUT2D eigenvalue weighted by Crippen LogP contribution is 2.15. The van der Waals surface area contributed by atoms with Crippen molar-refractivity contribution in [3.05, 3.63) is 29.8 Å². The Labute approximate surface area is 114 Å². The number of hydrogen-bond donors (Lipinski definition) is 1. The van der Waals surface area contributed by atoms with Crippen molar-refractivity contribution in [1.82, 2.24) is 0 Å². The highest BCUT2D eigenvalue weighted by molar-refractivity contribution is 6.00. The third-order valence-electron chi connectivity index (χ3n) is 2.41. The summed E-state index contributed by atoms with van der Waals surface area (Å²) in [4.78, 5) is 0. The molecular weight excluding hydrogens is 275 g/mol. The standard InChI is InChI=1S/C13H16F3NO3/c1-2-12(17-18)10-3-5-11(6-4-10)20-8-7-19-9-13(14,15)16/h3-6,18H,2,7-9H2,1H3. The topological polar surface area (TPSA) is 51.1 Å². The van der Waals surface area contributed by atoms with Gasteiger partial charge < -0.3 is 14.7 Å². The van der Waals surface area contributed by atoms with Crippen LogP contribution in [0.2, 0.25) is 0 Å². The van der Waals surface area contributed by atoms with Gasteiger partial charge >= 0.3 is 6.18 Å². The molecule has 0 aliphatic rings. The van der Waals surface area contributed by atoms with Crippen LogP contribution in [-0.4, -0.2) is 36.9 Å². The highest BCUT2D eigenvalue weighted by atomic mass is 19.4. The SMILES string of the molecule is CCC(=NO)c1ccc(OCCOCC(F)(F)F)cc1. The second-order valence-corrected chi connectivity index (χ2v) is 3.94. The fourth-order valence-corrected chi connectivity index (χ4v) is 1.48. The molecule has 1 N–H and O–H groups in total. The lowest BCUT2D eigenvalue weighted by Gasteiger charge is -2.09. The van der Waals surface area contributed by atoms with Gasteiger partial charge in [0.15, 0.2) is 0 Å². The van der Waals surface area contributed by atoms with E-state index in [0.29, 0.717) is 17.9 Å². The molecule has 1 aromatic rings.